The third-order valence-corrected chi connectivity index (χ3v) is 10.7. The van der Waals surface area contributed by atoms with Gasteiger partial charge in [0.15, 0.2) is 17.3 Å². The summed E-state index contributed by atoms with van der Waals surface area (Å²) in [5.41, 5.74) is 19.2. The number of nitrogens with zero attached hydrogens (tertiary/aromatic N) is 3. The summed E-state index contributed by atoms with van der Waals surface area (Å²) < 4.78 is 11.9. The van der Waals surface area contributed by atoms with Crippen molar-refractivity contribution >= 4 is 35.4 Å². The molecule has 5 rings (SSSR count). The van der Waals surface area contributed by atoms with Crippen LogP contribution < -0.4 is 42.6 Å². The Hall–Kier alpha value is -7.03. The molecule has 4 aromatic rings. The van der Waals surface area contributed by atoms with Crippen molar-refractivity contribution in [2.75, 3.05) is 45.6 Å². The molecule has 0 spiro atoms. The number of nitrogens with two attached hydrogens (primary N) is 3. The number of phenolic OH excluding ortho intramolecular Hbond substituents is 2. The van der Waals surface area contributed by atoms with E-state index in [1.807, 2.05) is 26.8 Å². The van der Waals surface area contributed by atoms with Crippen LogP contribution in [0.15, 0.2) is 48.5 Å². The minimum atomic E-state index is -1.61. The highest BCUT2D eigenvalue weighted by atomic mass is 16.5. The summed E-state index contributed by atoms with van der Waals surface area (Å²) in [6.07, 6.45) is -0.910. The van der Waals surface area contributed by atoms with Crippen LogP contribution in [0.25, 0.3) is 22.5 Å². The van der Waals surface area contributed by atoms with Crippen molar-refractivity contribution in [3.8, 4) is 45.5 Å². The summed E-state index contributed by atoms with van der Waals surface area (Å²) in [5, 5.41) is 50.5. The molecule has 65 heavy (non-hydrogen) atoms. The molecule has 0 unspecified atom stereocenters. The van der Waals surface area contributed by atoms with Crippen molar-refractivity contribution in [3.63, 3.8) is 0 Å². The lowest BCUT2D eigenvalue weighted by atomic mass is 9.86. The maximum absolute atomic E-state index is 14.4. The number of aromatic hydroxyl groups is 2. The molecule has 0 radical (unpaired) electrons. The Morgan fingerprint density at radius 3 is 2.31 bits per heavy atom. The van der Waals surface area contributed by atoms with E-state index in [2.05, 4.69) is 25.9 Å². The minimum absolute atomic E-state index is 0.0326. The normalized spacial score (nSPS) is 16.9. The van der Waals surface area contributed by atoms with Gasteiger partial charge in [-0.15, -0.1) is 0 Å². The quantitative estimate of drug-likeness (QED) is 0.0800. The van der Waals surface area contributed by atoms with Crippen LogP contribution in [0.4, 0.5) is 5.82 Å². The molecule has 1 aromatic heterocycles. The summed E-state index contributed by atoms with van der Waals surface area (Å²) in [4.78, 5) is 77.6. The van der Waals surface area contributed by atoms with Crippen molar-refractivity contribution in [2.24, 2.45) is 11.5 Å². The predicted octanol–water partition coefficient (Wildman–Crippen LogP) is 1.40. The Kier molecular flexibility index (Phi) is 15.6. The lowest BCUT2D eigenvalue weighted by molar-refractivity contribution is -0.142. The molecule has 4 amide bonds. The van der Waals surface area contributed by atoms with E-state index in [1.54, 1.807) is 30.3 Å². The minimum Gasteiger partial charge on any atom is -0.507 e. The van der Waals surface area contributed by atoms with Crippen molar-refractivity contribution in [1.82, 2.24) is 30.8 Å². The number of benzene rings is 3. The summed E-state index contributed by atoms with van der Waals surface area (Å²) >= 11 is 0. The Morgan fingerprint density at radius 1 is 0.954 bits per heavy atom. The molecule has 13 N–H and O–H groups in total. The van der Waals surface area contributed by atoms with Crippen LogP contribution in [0.3, 0.4) is 0 Å². The number of hydrogen-bond donors (Lipinski definition) is 10. The summed E-state index contributed by atoms with van der Waals surface area (Å²) in [5.74, 6) is -5.45. The Morgan fingerprint density at radius 2 is 1.68 bits per heavy atom. The van der Waals surface area contributed by atoms with E-state index in [4.69, 9.17) is 26.7 Å². The van der Waals surface area contributed by atoms with Crippen molar-refractivity contribution in [2.45, 2.75) is 77.1 Å². The number of anilines is 1. The number of ether oxygens (including phenoxy) is 2. The first-order valence-corrected chi connectivity index (χ1v) is 20.8. The number of hydrogen-bond acceptors (Lipinski definition) is 15. The first-order chi connectivity index (χ1) is 30.6. The van der Waals surface area contributed by atoms with E-state index in [0.29, 0.717) is 18.5 Å². The van der Waals surface area contributed by atoms with Gasteiger partial charge < -0.3 is 68.0 Å². The van der Waals surface area contributed by atoms with E-state index in [-0.39, 0.29) is 94.0 Å². The number of nitrogens with one attached hydrogen (secondary N) is 3. The molecule has 348 valence electrons. The average Bonchev–Trinajstić information content (AvgIpc) is 3.24. The average molecular weight is 900 g/mol. The number of nitrogen functional groups attached to an aromatic ring is 1. The number of rotatable bonds is 14. The zero-order valence-corrected chi connectivity index (χ0v) is 37.1. The van der Waals surface area contributed by atoms with Crippen LogP contribution in [-0.4, -0.2) is 123 Å². The van der Waals surface area contributed by atoms with Crippen LogP contribution in [-0.2, 0) is 31.0 Å². The monoisotopic (exact) mass is 899 g/mol. The zero-order chi connectivity index (χ0) is 47.9. The molecule has 20 nitrogen and oxygen atoms in total. The molecule has 4 bridgehead atoms. The van der Waals surface area contributed by atoms with Gasteiger partial charge in [-0.25, -0.2) is 14.8 Å². The summed E-state index contributed by atoms with van der Waals surface area (Å²) in [6, 6.07) is 8.11. The Bertz CT molecular complexity index is 2430. The summed E-state index contributed by atoms with van der Waals surface area (Å²) in [6.45, 7) is 8.02. The van der Waals surface area contributed by atoms with E-state index in [9.17, 15) is 44.4 Å². The van der Waals surface area contributed by atoms with Crippen molar-refractivity contribution in [3.05, 3.63) is 76.5 Å². The van der Waals surface area contributed by atoms with E-state index >= 15 is 0 Å². The molecule has 2 heterocycles. The highest BCUT2D eigenvalue weighted by Gasteiger charge is 2.35. The van der Waals surface area contributed by atoms with E-state index < -0.39 is 66.1 Å². The molecule has 4 atom stereocenters. The Balaban J connectivity index is 1.55. The fourth-order valence-corrected chi connectivity index (χ4v) is 7.00. The van der Waals surface area contributed by atoms with Crippen molar-refractivity contribution < 1.29 is 53.9 Å². The van der Waals surface area contributed by atoms with Gasteiger partial charge in [0.05, 0.1) is 24.4 Å². The predicted molar refractivity (Wildman–Crippen MR) is 239 cm³/mol. The van der Waals surface area contributed by atoms with Gasteiger partial charge in [0.25, 0.3) is 5.91 Å². The topological polar surface area (TPSA) is 328 Å². The maximum Gasteiger partial charge on any atom is 0.326 e. The second kappa shape index (κ2) is 20.6. The first-order valence-electron chi connectivity index (χ1n) is 20.8. The number of carbonyl (C=O) groups is 5. The standard InChI is InChI=1S/C45H57N9O11/c1-22-36(39(48)53-40(50-22)28-10-9-26(18-32(28)56)45(3,4)5)42(60)49-20-35(57)54(6)37-25-16-30(38(58)34(17-25)65-21-27(55)19-47)29-14-24(8-11-33(29)64-13-7-12-46)15-31(44(62)63)52-41(59)23(2)51-43(37)61/h8-11,14,16-18,23,27,31,37,55-56,58H,7,12-13,15,19-21,46-47H2,1-6H3,(H,49,60)(H,51,61)(H,52,59)(H,62,63)(H2,48,50,53)/t23-,27+,31-,37-/m0/s1. The fraction of sp³-hybridized carbons (Fsp3) is 0.400. The molecule has 1 aliphatic heterocycles. The highest BCUT2D eigenvalue weighted by Crippen LogP contribution is 2.45. The molecule has 20 heteroatoms. The SMILES string of the molecule is Cc1nc(-c2ccc(C(C)(C)C)cc2O)nc(N)c1C(=O)NCC(=O)N(C)[C@@H]1C(=O)N[C@@H](C)C(=O)N[C@H](C(=O)O)Cc2ccc(OCCCN)c(c2)-c2cc1cc(OC[C@H](O)CN)c2O. The van der Waals surface area contributed by atoms with Crippen LogP contribution >= 0.6 is 0 Å². The molecule has 0 fully saturated rings. The molecule has 1 aliphatic rings. The molecule has 0 aliphatic carbocycles. The number of carboxylic acids is 1. The first kappa shape index (κ1) is 49.0. The number of aromatic nitrogens is 2. The van der Waals surface area contributed by atoms with Gasteiger partial charge in [-0.05, 0) is 85.3 Å². The van der Waals surface area contributed by atoms with E-state index in [1.165, 1.54) is 33.0 Å². The number of fused-ring (bicyclic) bond motifs is 5. The lowest BCUT2D eigenvalue weighted by Gasteiger charge is -2.30. The number of carbonyl (C=O) groups excluding carboxylic acids is 4. The van der Waals surface area contributed by atoms with Gasteiger partial charge in [0.1, 0.15) is 53.7 Å². The number of likely N-dealkylation sites (N-methyl/N-ethyl adjacent to an activating group) is 1. The van der Waals surface area contributed by atoms with Crippen LogP contribution in [0, 0.1) is 6.92 Å². The van der Waals surface area contributed by atoms with Gasteiger partial charge in [0.2, 0.25) is 17.7 Å². The van der Waals surface area contributed by atoms with Gasteiger partial charge >= 0.3 is 5.97 Å². The number of aliphatic hydroxyl groups excluding tert-OH is 1. The maximum atomic E-state index is 14.4. The molecule has 0 saturated heterocycles. The Labute approximate surface area is 375 Å². The zero-order valence-electron chi connectivity index (χ0n) is 37.1. The number of aliphatic hydroxyl groups is 1. The van der Waals surface area contributed by atoms with Crippen LogP contribution in [0.5, 0.6) is 23.0 Å². The van der Waals surface area contributed by atoms with Gasteiger partial charge in [-0.3, -0.25) is 19.2 Å². The number of aryl methyl sites for hydroxylation is 1. The molecule has 3 aromatic carbocycles. The van der Waals surface area contributed by atoms with Gasteiger partial charge in [-0.1, -0.05) is 32.9 Å². The largest absolute Gasteiger partial charge is 0.507 e. The second-order valence-electron chi connectivity index (χ2n) is 16.7. The van der Waals surface area contributed by atoms with Crippen LogP contribution in [0.2, 0.25) is 0 Å². The molecule has 0 saturated carbocycles. The number of amides is 4. The third kappa shape index (κ3) is 11.6. The third-order valence-electron chi connectivity index (χ3n) is 10.7. The molecular formula is C45H57N9O11. The summed E-state index contributed by atoms with van der Waals surface area (Å²) in [7, 11) is 1.27. The second-order valence-corrected chi connectivity index (χ2v) is 16.7. The fourth-order valence-electron chi connectivity index (χ4n) is 7.00. The highest BCUT2D eigenvalue weighted by molar-refractivity contribution is 6.02. The van der Waals surface area contributed by atoms with Crippen LogP contribution in [0.1, 0.15) is 72.9 Å². The smallest absolute Gasteiger partial charge is 0.326 e. The van der Waals surface area contributed by atoms with Gasteiger partial charge in [-0.2, -0.15) is 0 Å². The number of aliphatic carboxylic acids is 1. The van der Waals surface area contributed by atoms with Gasteiger partial charge in [0, 0.05) is 31.1 Å². The number of phenols is 2. The number of carboxylic acid groups (broad SMARTS) is 1. The molecular weight excluding hydrogens is 843 g/mol. The lowest BCUT2D eigenvalue weighted by Crippen LogP contribution is -2.53. The van der Waals surface area contributed by atoms with E-state index in [0.717, 1.165) is 10.5 Å². The van der Waals surface area contributed by atoms with Crippen molar-refractivity contribution in [1.29, 1.82) is 0 Å².